The monoisotopic (exact) mass is 276 g/mol. The minimum Gasteiger partial charge on any atom is -0.478 e. The van der Waals surface area contributed by atoms with Crippen LogP contribution in [-0.2, 0) is 4.79 Å². The van der Waals surface area contributed by atoms with Gasteiger partial charge in [0.25, 0.3) is 0 Å². The Kier molecular flexibility index (Phi) is 3.81. The van der Waals surface area contributed by atoms with E-state index in [-0.39, 0.29) is 17.5 Å². The highest BCUT2D eigenvalue weighted by atomic mass is 16.4. The Labute approximate surface area is 118 Å². The maximum Gasteiger partial charge on any atom is 0.337 e. The lowest BCUT2D eigenvalue weighted by atomic mass is 9.83. The van der Waals surface area contributed by atoms with Crippen molar-refractivity contribution in [1.82, 2.24) is 0 Å². The second-order valence-corrected chi connectivity index (χ2v) is 5.60. The van der Waals surface area contributed by atoms with Crippen molar-refractivity contribution in [3.63, 3.8) is 0 Å². The maximum atomic E-state index is 12.7. The molecule has 2 rings (SSSR count). The summed E-state index contributed by atoms with van der Waals surface area (Å²) >= 11 is 0. The van der Waals surface area contributed by atoms with Crippen LogP contribution >= 0.6 is 0 Å². The number of hydrogen-bond donors (Lipinski definition) is 2. The predicted molar refractivity (Wildman–Crippen MR) is 76.7 cm³/mol. The van der Waals surface area contributed by atoms with Crippen LogP contribution in [0.5, 0.6) is 0 Å². The quantitative estimate of drug-likeness (QED) is 0.882. The third-order valence-electron chi connectivity index (χ3n) is 4.32. The van der Waals surface area contributed by atoms with E-state index < -0.39 is 11.4 Å². The highest BCUT2D eigenvalue weighted by Crippen LogP contribution is 2.39. The van der Waals surface area contributed by atoms with E-state index in [2.05, 4.69) is 0 Å². The molecule has 20 heavy (non-hydrogen) atoms. The maximum absolute atomic E-state index is 12.7. The van der Waals surface area contributed by atoms with Crippen LogP contribution in [0.25, 0.3) is 0 Å². The smallest absolute Gasteiger partial charge is 0.337 e. The van der Waals surface area contributed by atoms with Gasteiger partial charge in [-0.05, 0) is 31.9 Å². The number of carbonyl (C=O) groups excluding carboxylic acids is 1. The zero-order valence-corrected chi connectivity index (χ0v) is 11.8. The largest absolute Gasteiger partial charge is 0.478 e. The lowest BCUT2D eigenvalue weighted by Crippen LogP contribution is -2.48. The second-order valence-electron chi connectivity index (χ2n) is 5.60. The molecule has 5 nitrogen and oxygen atoms in total. The van der Waals surface area contributed by atoms with Gasteiger partial charge >= 0.3 is 5.97 Å². The van der Waals surface area contributed by atoms with Crippen molar-refractivity contribution in [3.8, 4) is 0 Å². The molecule has 1 aliphatic rings. The first kappa shape index (κ1) is 14.5. The number of rotatable bonds is 3. The van der Waals surface area contributed by atoms with Crippen LogP contribution in [0, 0.1) is 5.41 Å². The molecular formula is C15H20N2O3. The molecule has 0 spiro atoms. The summed E-state index contributed by atoms with van der Waals surface area (Å²) in [4.78, 5) is 25.4. The lowest BCUT2D eigenvalue weighted by Gasteiger charge is -2.32. The number of aromatic carboxylic acids is 1. The molecule has 0 radical (unpaired) electrons. The standard InChI is InChI=1S/C15H20N2O3/c1-15(9-5-8-12(15)16)14(20)17(2)11-7-4-3-6-10(11)13(18)19/h3-4,6-7,12H,5,8-9,16H2,1-2H3,(H,18,19). The highest BCUT2D eigenvalue weighted by molar-refractivity contribution is 6.03. The number of nitrogens with two attached hydrogens (primary N) is 1. The van der Waals surface area contributed by atoms with Crippen LogP contribution in [0.2, 0.25) is 0 Å². The number of carbonyl (C=O) groups is 2. The van der Waals surface area contributed by atoms with E-state index in [9.17, 15) is 14.7 Å². The van der Waals surface area contributed by atoms with Gasteiger partial charge in [0.1, 0.15) is 0 Å². The van der Waals surface area contributed by atoms with Gasteiger partial charge in [0, 0.05) is 13.1 Å². The van der Waals surface area contributed by atoms with Gasteiger partial charge < -0.3 is 15.7 Å². The Morgan fingerprint density at radius 2 is 2.05 bits per heavy atom. The summed E-state index contributed by atoms with van der Waals surface area (Å²) in [5, 5.41) is 9.22. The summed E-state index contributed by atoms with van der Waals surface area (Å²) in [5.74, 6) is -1.16. The molecule has 3 N–H and O–H groups in total. The van der Waals surface area contributed by atoms with Crippen LogP contribution in [0.15, 0.2) is 24.3 Å². The Hall–Kier alpha value is -1.88. The van der Waals surface area contributed by atoms with Crippen LogP contribution in [0.1, 0.15) is 36.5 Å². The van der Waals surface area contributed by atoms with Crippen molar-refractivity contribution in [3.05, 3.63) is 29.8 Å². The summed E-state index contributed by atoms with van der Waals surface area (Å²) < 4.78 is 0. The zero-order valence-electron chi connectivity index (χ0n) is 11.8. The highest BCUT2D eigenvalue weighted by Gasteiger charge is 2.45. The Bertz CT molecular complexity index is 544. The van der Waals surface area contributed by atoms with Gasteiger partial charge in [-0.3, -0.25) is 4.79 Å². The van der Waals surface area contributed by atoms with Gasteiger partial charge in [-0.2, -0.15) is 0 Å². The minimum absolute atomic E-state index is 0.115. The molecule has 1 aliphatic carbocycles. The lowest BCUT2D eigenvalue weighted by molar-refractivity contribution is -0.127. The van der Waals surface area contributed by atoms with Crippen molar-refractivity contribution in [2.24, 2.45) is 11.1 Å². The first-order valence-corrected chi connectivity index (χ1v) is 6.74. The first-order chi connectivity index (χ1) is 9.38. The molecule has 1 aromatic carbocycles. The predicted octanol–water partition coefficient (Wildman–Crippen LogP) is 1.87. The number of anilines is 1. The van der Waals surface area contributed by atoms with E-state index >= 15 is 0 Å². The van der Waals surface area contributed by atoms with Crippen molar-refractivity contribution < 1.29 is 14.7 Å². The average molecular weight is 276 g/mol. The van der Waals surface area contributed by atoms with Crippen molar-refractivity contribution in [1.29, 1.82) is 0 Å². The second kappa shape index (κ2) is 5.25. The van der Waals surface area contributed by atoms with Gasteiger partial charge in [-0.25, -0.2) is 4.79 Å². The molecule has 1 aromatic rings. The van der Waals surface area contributed by atoms with Gasteiger partial charge in [-0.1, -0.05) is 18.6 Å². The van der Waals surface area contributed by atoms with Gasteiger partial charge in [0.2, 0.25) is 5.91 Å². The van der Waals surface area contributed by atoms with Crippen molar-refractivity contribution in [2.75, 3.05) is 11.9 Å². The Morgan fingerprint density at radius 3 is 2.60 bits per heavy atom. The number of para-hydroxylation sites is 1. The number of carboxylic acids is 1. The fourth-order valence-corrected chi connectivity index (χ4v) is 2.90. The van der Waals surface area contributed by atoms with E-state index in [1.807, 2.05) is 6.92 Å². The van der Waals surface area contributed by atoms with Gasteiger partial charge in [0.05, 0.1) is 16.7 Å². The molecule has 1 fully saturated rings. The summed E-state index contributed by atoms with van der Waals surface area (Å²) in [6, 6.07) is 6.34. The molecule has 2 atom stereocenters. The van der Waals surface area contributed by atoms with Crippen molar-refractivity contribution >= 4 is 17.6 Å². The molecule has 1 saturated carbocycles. The molecule has 108 valence electrons. The summed E-state index contributed by atoms with van der Waals surface area (Å²) in [6.45, 7) is 1.87. The van der Waals surface area contributed by atoms with Crippen LogP contribution in [0.3, 0.4) is 0 Å². The zero-order chi connectivity index (χ0) is 14.9. The van der Waals surface area contributed by atoms with E-state index in [4.69, 9.17) is 5.73 Å². The fourth-order valence-electron chi connectivity index (χ4n) is 2.90. The van der Waals surface area contributed by atoms with E-state index in [1.54, 1.807) is 25.2 Å². The number of amides is 1. The molecular weight excluding hydrogens is 256 g/mol. The van der Waals surface area contributed by atoms with Crippen LogP contribution in [-0.4, -0.2) is 30.1 Å². The fraction of sp³-hybridized carbons (Fsp3) is 0.467. The molecule has 0 saturated heterocycles. The summed E-state index contributed by atoms with van der Waals surface area (Å²) in [5.41, 5.74) is 5.98. The Morgan fingerprint density at radius 1 is 1.40 bits per heavy atom. The Balaban J connectivity index is 2.34. The molecule has 5 heteroatoms. The third-order valence-corrected chi connectivity index (χ3v) is 4.32. The number of carboxylic acid groups (broad SMARTS) is 1. The number of nitrogens with zero attached hydrogens (tertiary/aromatic N) is 1. The molecule has 2 unspecified atom stereocenters. The van der Waals surface area contributed by atoms with Gasteiger partial charge in [-0.15, -0.1) is 0 Å². The van der Waals surface area contributed by atoms with Crippen LogP contribution in [0.4, 0.5) is 5.69 Å². The van der Waals surface area contributed by atoms with E-state index in [1.165, 1.54) is 11.0 Å². The molecule has 1 amide bonds. The van der Waals surface area contributed by atoms with E-state index in [0.29, 0.717) is 5.69 Å². The number of hydrogen-bond acceptors (Lipinski definition) is 3. The minimum atomic E-state index is -1.04. The van der Waals surface area contributed by atoms with Crippen LogP contribution < -0.4 is 10.6 Å². The molecule has 0 aromatic heterocycles. The first-order valence-electron chi connectivity index (χ1n) is 6.74. The molecule has 0 aliphatic heterocycles. The summed E-state index contributed by atoms with van der Waals surface area (Å²) in [6.07, 6.45) is 2.50. The topological polar surface area (TPSA) is 83.6 Å². The molecule has 0 heterocycles. The number of benzene rings is 1. The van der Waals surface area contributed by atoms with Gasteiger partial charge in [0.15, 0.2) is 0 Å². The average Bonchev–Trinajstić information content (AvgIpc) is 2.78. The summed E-state index contributed by atoms with van der Waals surface area (Å²) in [7, 11) is 1.61. The normalized spacial score (nSPS) is 25.4. The third kappa shape index (κ3) is 2.29. The van der Waals surface area contributed by atoms with E-state index in [0.717, 1.165) is 19.3 Å². The SMILES string of the molecule is CN(C(=O)C1(C)CCCC1N)c1ccccc1C(=O)O. The molecule has 0 bridgehead atoms. The van der Waals surface area contributed by atoms with Crippen molar-refractivity contribution in [2.45, 2.75) is 32.2 Å².